The fraction of sp³-hybridized carbons (Fsp3) is 0.0526. The molecule has 4 rings (SSSR count). The van der Waals surface area contributed by atoms with Crippen molar-refractivity contribution in [1.82, 2.24) is 0 Å². The maximum atomic E-state index is 8.49. The molecule has 0 aliphatic carbocycles. The first-order chi connectivity index (χ1) is 12.9. The van der Waals surface area contributed by atoms with Gasteiger partial charge in [0.2, 0.25) is 0 Å². The number of hydrogen-bond acceptors (Lipinski definition) is 6. The SMILES string of the molecule is COc1ccc([S+]2c3ccccc3Sc3ccccc32)cc1.[O-][Cl+3]([O-])([O-])[O-]. The minimum absolute atomic E-state index is 0.0446. The molecular formula is C19H15ClO5S2. The van der Waals surface area contributed by atoms with Crippen LogP contribution in [0.4, 0.5) is 0 Å². The van der Waals surface area contributed by atoms with Gasteiger partial charge in [0.15, 0.2) is 14.7 Å². The lowest BCUT2D eigenvalue weighted by atomic mass is 10.3. The van der Waals surface area contributed by atoms with Crippen LogP contribution in [0.3, 0.4) is 0 Å². The molecule has 0 bridgehead atoms. The normalized spacial score (nSPS) is 13.1. The molecule has 0 spiro atoms. The average Bonchev–Trinajstić information content (AvgIpc) is 2.65. The van der Waals surface area contributed by atoms with Gasteiger partial charge in [0.1, 0.15) is 16.6 Å². The van der Waals surface area contributed by atoms with Crippen molar-refractivity contribution >= 4 is 22.7 Å². The lowest BCUT2D eigenvalue weighted by molar-refractivity contribution is -2.00. The number of rotatable bonds is 2. The second-order valence-electron chi connectivity index (χ2n) is 5.36. The zero-order valence-electron chi connectivity index (χ0n) is 14.2. The monoisotopic (exact) mass is 422 g/mol. The van der Waals surface area contributed by atoms with E-state index in [1.807, 2.05) is 11.8 Å². The van der Waals surface area contributed by atoms with E-state index in [4.69, 9.17) is 23.4 Å². The third-order valence-corrected chi connectivity index (χ3v) is 7.40. The molecule has 1 aliphatic heterocycles. The molecule has 1 aliphatic rings. The van der Waals surface area contributed by atoms with Crippen molar-refractivity contribution in [2.75, 3.05) is 7.11 Å². The Labute approximate surface area is 166 Å². The van der Waals surface area contributed by atoms with Crippen LogP contribution in [0.25, 0.3) is 0 Å². The van der Waals surface area contributed by atoms with Crippen molar-refractivity contribution in [2.24, 2.45) is 0 Å². The van der Waals surface area contributed by atoms with E-state index < -0.39 is 10.2 Å². The molecule has 0 amide bonds. The fourth-order valence-electron chi connectivity index (χ4n) is 2.61. The van der Waals surface area contributed by atoms with Gasteiger partial charge in [-0.1, -0.05) is 36.0 Å². The van der Waals surface area contributed by atoms with E-state index in [1.54, 1.807) is 7.11 Å². The van der Waals surface area contributed by atoms with Gasteiger partial charge in [0.05, 0.1) is 16.9 Å². The molecule has 0 unspecified atom stereocenters. The third-order valence-electron chi connectivity index (χ3n) is 3.65. The van der Waals surface area contributed by atoms with Crippen LogP contribution in [0, 0.1) is 10.2 Å². The molecule has 1 heterocycles. The summed E-state index contributed by atoms with van der Waals surface area (Å²) in [5, 5.41) is 0. The van der Waals surface area contributed by atoms with Gasteiger partial charge in [0, 0.05) is 0 Å². The zero-order valence-corrected chi connectivity index (χ0v) is 16.6. The highest BCUT2D eigenvalue weighted by molar-refractivity contribution is 8.04. The summed E-state index contributed by atoms with van der Waals surface area (Å²) in [6.07, 6.45) is 0. The van der Waals surface area contributed by atoms with E-state index in [2.05, 4.69) is 72.8 Å². The predicted octanol–water partition coefficient (Wildman–Crippen LogP) is 0.499. The van der Waals surface area contributed by atoms with Crippen LogP contribution in [-0.4, -0.2) is 7.11 Å². The summed E-state index contributed by atoms with van der Waals surface area (Å²) in [5.41, 5.74) is 0. The van der Waals surface area contributed by atoms with E-state index in [0.29, 0.717) is 0 Å². The molecule has 3 aromatic rings. The van der Waals surface area contributed by atoms with Crippen molar-refractivity contribution < 1.29 is 33.6 Å². The van der Waals surface area contributed by atoms with Gasteiger partial charge in [-0.05, 0) is 48.5 Å². The van der Waals surface area contributed by atoms with E-state index in [1.165, 1.54) is 24.5 Å². The summed E-state index contributed by atoms with van der Waals surface area (Å²) in [4.78, 5) is 6.88. The molecule has 3 aromatic carbocycles. The van der Waals surface area contributed by atoms with Crippen LogP contribution in [0.15, 0.2) is 97.3 Å². The van der Waals surface area contributed by atoms with Crippen LogP contribution < -0.4 is 23.4 Å². The summed E-state index contributed by atoms with van der Waals surface area (Å²) in [7, 11) is -3.28. The maximum absolute atomic E-state index is 8.49. The van der Waals surface area contributed by atoms with Crippen LogP contribution in [0.1, 0.15) is 0 Å². The minimum atomic E-state index is -4.94. The molecule has 0 radical (unpaired) electrons. The van der Waals surface area contributed by atoms with Crippen molar-refractivity contribution in [3.05, 3.63) is 72.8 Å². The van der Waals surface area contributed by atoms with Gasteiger partial charge in [0.25, 0.3) is 0 Å². The van der Waals surface area contributed by atoms with Crippen LogP contribution in [0.5, 0.6) is 5.75 Å². The first-order valence-electron chi connectivity index (χ1n) is 7.73. The highest BCUT2D eigenvalue weighted by Gasteiger charge is 2.37. The van der Waals surface area contributed by atoms with Crippen molar-refractivity contribution in [3.8, 4) is 5.75 Å². The highest BCUT2D eigenvalue weighted by Crippen LogP contribution is 2.48. The summed E-state index contributed by atoms with van der Waals surface area (Å²) in [5.74, 6) is 0.903. The molecule has 0 N–H and O–H groups in total. The Morgan fingerprint density at radius 1 is 0.741 bits per heavy atom. The summed E-state index contributed by atoms with van der Waals surface area (Å²) in [6, 6.07) is 25.9. The zero-order chi connectivity index (χ0) is 19.4. The molecule has 0 atom stereocenters. The van der Waals surface area contributed by atoms with Crippen LogP contribution in [0.2, 0.25) is 0 Å². The largest absolute Gasteiger partial charge is 0.497 e. The number of methoxy groups -OCH3 is 1. The Kier molecular flexibility index (Phi) is 6.33. The molecule has 0 aromatic heterocycles. The number of halogens is 1. The first-order valence-corrected chi connectivity index (χ1v) is 11.0. The molecule has 27 heavy (non-hydrogen) atoms. The van der Waals surface area contributed by atoms with Crippen molar-refractivity contribution in [2.45, 2.75) is 24.5 Å². The van der Waals surface area contributed by atoms with Crippen molar-refractivity contribution in [3.63, 3.8) is 0 Å². The van der Waals surface area contributed by atoms with Gasteiger partial charge in [-0.2, -0.15) is 0 Å². The number of hydrogen-bond donors (Lipinski definition) is 0. The lowest BCUT2D eigenvalue weighted by Gasteiger charge is -2.18. The maximum Gasteiger partial charge on any atom is 0.180 e. The molecule has 8 heteroatoms. The predicted molar refractivity (Wildman–Crippen MR) is 92.2 cm³/mol. The van der Waals surface area contributed by atoms with E-state index >= 15 is 0 Å². The molecular weight excluding hydrogens is 408 g/mol. The molecule has 0 fully saturated rings. The molecule has 140 valence electrons. The summed E-state index contributed by atoms with van der Waals surface area (Å²) < 4.78 is 39.3. The Balaban J connectivity index is 0.000000376. The summed E-state index contributed by atoms with van der Waals surface area (Å²) >= 11 is 1.87. The Hall–Kier alpha value is -1.71. The standard InChI is InChI=1S/C19H15OS2.ClHO4/c1-20-14-10-12-15(13-11-14)22-18-8-4-2-6-16(18)21-17-7-3-5-9-19(17)22;2-1(3,4)5/h2-13H,1H3;(H,2,3,4,5)/q+1;/p-1. The molecule has 5 nitrogen and oxygen atoms in total. The number of benzene rings is 3. The molecule has 0 saturated heterocycles. The van der Waals surface area contributed by atoms with Gasteiger partial charge in [-0.3, -0.25) is 0 Å². The van der Waals surface area contributed by atoms with E-state index in [0.717, 1.165) is 5.75 Å². The third kappa shape index (κ3) is 5.18. The Morgan fingerprint density at radius 3 is 1.63 bits per heavy atom. The molecule has 0 saturated carbocycles. The first kappa shape index (κ1) is 20.0. The smallest absolute Gasteiger partial charge is 0.180 e. The summed E-state index contributed by atoms with van der Waals surface area (Å²) in [6.45, 7) is 0. The highest BCUT2D eigenvalue weighted by atomic mass is 35.7. The van der Waals surface area contributed by atoms with Crippen molar-refractivity contribution in [1.29, 1.82) is 0 Å². The van der Waals surface area contributed by atoms with E-state index in [9.17, 15) is 0 Å². The Morgan fingerprint density at radius 2 is 1.19 bits per heavy atom. The van der Waals surface area contributed by atoms with Gasteiger partial charge >= 0.3 is 0 Å². The topological polar surface area (TPSA) is 101 Å². The van der Waals surface area contributed by atoms with Crippen LogP contribution >= 0.6 is 11.8 Å². The minimum Gasteiger partial charge on any atom is -0.497 e. The average molecular weight is 423 g/mol. The number of ether oxygens (including phenoxy) is 1. The van der Waals surface area contributed by atoms with E-state index in [-0.39, 0.29) is 10.9 Å². The Bertz CT molecular complexity index is 861. The van der Waals surface area contributed by atoms with Gasteiger partial charge < -0.3 is 4.74 Å². The fourth-order valence-corrected chi connectivity index (χ4v) is 6.35. The second-order valence-corrected chi connectivity index (χ2v) is 9.16. The number of fused-ring (bicyclic) bond motifs is 2. The lowest BCUT2D eigenvalue weighted by Crippen LogP contribution is -2.68. The second kappa shape index (κ2) is 8.53. The quantitative estimate of drug-likeness (QED) is 0.436. The van der Waals surface area contributed by atoms with Gasteiger partial charge in [-0.25, -0.2) is 18.6 Å². The van der Waals surface area contributed by atoms with Crippen LogP contribution in [-0.2, 0) is 10.9 Å². The van der Waals surface area contributed by atoms with Gasteiger partial charge in [-0.15, -0.1) is 10.2 Å².